The van der Waals surface area contributed by atoms with Gasteiger partial charge in [0.1, 0.15) is 23.0 Å². The smallest absolute Gasteiger partial charge is 0.126 e. The number of fused-ring (bicyclic) bond motifs is 8. The Hall–Kier alpha value is -6.80. The van der Waals surface area contributed by atoms with Crippen molar-refractivity contribution in [3.8, 4) is 67.5 Å². The molecule has 0 aliphatic carbocycles. The first kappa shape index (κ1) is 37.1. The van der Waals surface area contributed by atoms with Crippen molar-refractivity contribution in [2.24, 2.45) is 0 Å². The summed E-state index contributed by atoms with van der Waals surface area (Å²) in [6, 6.07) is 40.5. The number of ether oxygens (including phenoxy) is 4. The minimum atomic E-state index is 0. The van der Waals surface area contributed by atoms with Gasteiger partial charge in [0, 0.05) is 83.6 Å². The molecule has 0 saturated heterocycles. The molecule has 0 radical (unpaired) electrons. The van der Waals surface area contributed by atoms with Crippen LogP contribution in [0.15, 0.2) is 121 Å². The number of aromatic amines is 2. The van der Waals surface area contributed by atoms with E-state index >= 15 is 0 Å². The number of nitrogens with zero attached hydrogens (tertiary/aromatic N) is 2. The Labute approximate surface area is 341 Å². The van der Waals surface area contributed by atoms with Gasteiger partial charge in [-0.3, -0.25) is 0 Å². The largest absolute Gasteiger partial charge is 0.496 e. The third-order valence-corrected chi connectivity index (χ3v) is 10.3. The van der Waals surface area contributed by atoms with Crippen molar-refractivity contribution in [3.05, 3.63) is 144 Å². The van der Waals surface area contributed by atoms with Gasteiger partial charge in [-0.05, 0) is 72.8 Å². The van der Waals surface area contributed by atoms with Crippen LogP contribution in [-0.4, -0.2) is 48.4 Å². The first-order valence-electron chi connectivity index (χ1n) is 18.3. The summed E-state index contributed by atoms with van der Waals surface area (Å²) < 4.78 is 23.8. The summed E-state index contributed by atoms with van der Waals surface area (Å²) in [6.45, 7) is 0. The predicted octanol–water partition coefficient (Wildman–Crippen LogP) is 11.4. The van der Waals surface area contributed by atoms with Crippen molar-refractivity contribution in [2.75, 3.05) is 28.4 Å². The predicted molar refractivity (Wildman–Crippen MR) is 227 cm³/mol. The number of benzene rings is 4. The molecule has 7 aromatic rings. The monoisotopic (exact) mass is 790 g/mol. The van der Waals surface area contributed by atoms with E-state index in [0.717, 1.165) is 112 Å². The molecule has 0 fully saturated rings. The number of hydrogen-bond donors (Lipinski definition) is 2. The van der Waals surface area contributed by atoms with Gasteiger partial charge >= 0.3 is 0 Å². The molecule has 9 rings (SSSR count). The van der Waals surface area contributed by atoms with E-state index in [-0.39, 0.29) is 17.1 Å². The first-order valence-corrected chi connectivity index (χ1v) is 18.3. The zero-order valence-corrected chi connectivity index (χ0v) is 32.8. The van der Waals surface area contributed by atoms with Crippen LogP contribution in [0.3, 0.4) is 0 Å². The molecule has 4 aromatic carbocycles. The van der Waals surface area contributed by atoms with Crippen LogP contribution in [0.25, 0.3) is 90.9 Å². The molecule has 2 aliphatic heterocycles. The second-order valence-electron chi connectivity index (χ2n) is 13.3. The van der Waals surface area contributed by atoms with E-state index in [1.54, 1.807) is 28.4 Å². The quantitative estimate of drug-likeness (QED) is 0.149. The van der Waals surface area contributed by atoms with E-state index < -0.39 is 0 Å². The molecule has 57 heavy (non-hydrogen) atoms. The first-order chi connectivity index (χ1) is 27.6. The van der Waals surface area contributed by atoms with E-state index in [1.165, 1.54) is 0 Å². The summed E-state index contributed by atoms with van der Waals surface area (Å²) in [7, 11) is 6.77. The molecule has 0 amide bonds. The van der Waals surface area contributed by atoms with Crippen molar-refractivity contribution in [3.63, 3.8) is 0 Å². The second kappa shape index (κ2) is 15.7. The topological polar surface area (TPSA) is 94.3 Å². The number of aromatic nitrogens is 4. The summed E-state index contributed by atoms with van der Waals surface area (Å²) in [5.41, 5.74) is 13.7. The molecule has 2 aliphatic rings. The van der Waals surface area contributed by atoms with Crippen LogP contribution in [0.5, 0.6) is 23.0 Å². The third-order valence-electron chi connectivity index (χ3n) is 10.3. The van der Waals surface area contributed by atoms with Crippen LogP contribution in [0.4, 0.5) is 0 Å². The Balaban J connectivity index is 0.00000455. The summed E-state index contributed by atoms with van der Waals surface area (Å²) in [5, 5.41) is 0. The number of nitrogens with one attached hydrogen (secondary N) is 2. The molecule has 0 saturated carbocycles. The average Bonchev–Trinajstić information content (AvgIpc) is 4.10. The van der Waals surface area contributed by atoms with E-state index in [0.29, 0.717) is 0 Å². The van der Waals surface area contributed by atoms with E-state index in [1.807, 2.05) is 72.8 Å². The fraction of sp³-hybridized carbons (Fsp3) is 0.0833. The Morgan fingerprint density at radius 1 is 0.333 bits per heavy atom. The van der Waals surface area contributed by atoms with Crippen LogP contribution < -0.4 is 18.9 Å². The van der Waals surface area contributed by atoms with Gasteiger partial charge in [-0.1, -0.05) is 72.8 Å². The van der Waals surface area contributed by atoms with Gasteiger partial charge in [-0.2, -0.15) is 0 Å². The summed E-state index contributed by atoms with van der Waals surface area (Å²) in [4.78, 5) is 18.4. The van der Waals surface area contributed by atoms with Crippen molar-refractivity contribution >= 4 is 46.4 Å². The van der Waals surface area contributed by atoms with Crippen molar-refractivity contribution in [2.45, 2.75) is 0 Å². The molecule has 8 bridgehead atoms. The SMILES string of the molecule is COc1ccccc1-c1c2nc(c(-c3ccccc3OC)c3ccc([nH]3)c(-c3ccccc3OC)c3nc(c(-c4ccccc4OC)c4ccc1[nH]4)C=C3)C=C2.[Fe]. The Bertz CT molecular complexity index is 2510. The Kier molecular flexibility index (Phi) is 10.3. The van der Waals surface area contributed by atoms with E-state index in [9.17, 15) is 0 Å². The van der Waals surface area contributed by atoms with Gasteiger partial charge in [0.15, 0.2) is 0 Å². The summed E-state index contributed by atoms with van der Waals surface area (Å²) in [6.07, 6.45) is 8.27. The molecule has 2 N–H and O–H groups in total. The Morgan fingerprint density at radius 2 is 0.561 bits per heavy atom. The molecular formula is C48H38FeN4O4. The van der Waals surface area contributed by atoms with Crippen LogP contribution in [0.2, 0.25) is 0 Å². The van der Waals surface area contributed by atoms with Crippen LogP contribution in [0, 0.1) is 0 Å². The van der Waals surface area contributed by atoms with Gasteiger partial charge in [0.25, 0.3) is 0 Å². The van der Waals surface area contributed by atoms with E-state index in [4.69, 9.17) is 28.9 Å². The number of methoxy groups -OCH3 is 4. The van der Waals surface area contributed by atoms with Crippen LogP contribution >= 0.6 is 0 Å². The normalized spacial score (nSPS) is 11.6. The second-order valence-corrected chi connectivity index (χ2v) is 13.3. The van der Waals surface area contributed by atoms with Crippen molar-refractivity contribution < 1.29 is 36.0 Å². The molecule has 0 atom stereocenters. The fourth-order valence-electron chi connectivity index (χ4n) is 7.74. The molecular weight excluding hydrogens is 752 g/mol. The van der Waals surface area contributed by atoms with Crippen LogP contribution in [0.1, 0.15) is 22.8 Å². The Morgan fingerprint density at radius 3 is 0.789 bits per heavy atom. The number of H-pyrrole nitrogens is 2. The van der Waals surface area contributed by atoms with Gasteiger partial charge in [0.2, 0.25) is 0 Å². The zero-order chi connectivity index (χ0) is 38.2. The van der Waals surface area contributed by atoms with Crippen molar-refractivity contribution in [1.29, 1.82) is 0 Å². The summed E-state index contributed by atoms with van der Waals surface area (Å²) >= 11 is 0. The van der Waals surface area contributed by atoms with Crippen LogP contribution in [-0.2, 0) is 17.1 Å². The number of rotatable bonds is 8. The van der Waals surface area contributed by atoms with Gasteiger partial charge < -0.3 is 28.9 Å². The number of para-hydroxylation sites is 4. The molecule has 5 heterocycles. The fourth-order valence-corrected chi connectivity index (χ4v) is 7.74. The van der Waals surface area contributed by atoms with E-state index in [2.05, 4.69) is 82.8 Å². The summed E-state index contributed by atoms with van der Waals surface area (Å²) in [5.74, 6) is 2.93. The van der Waals surface area contributed by atoms with Gasteiger partial charge in [0.05, 0.1) is 51.2 Å². The molecule has 0 unspecified atom stereocenters. The molecule has 0 spiro atoms. The van der Waals surface area contributed by atoms with Crippen molar-refractivity contribution in [1.82, 2.24) is 19.9 Å². The zero-order valence-electron chi connectivity index (χ0n) is 31.7. The number of hydrogen-bond acceptors (Lipinski definition) is 6. The van der Waals surface area contributed by atoms with Gasteiger partial charge in [-0.15, -0.1) is 0 Å². The maximum Gasteiger partial charge on any atom is 0.126 e. The maximum atomic E-state index is 5.94. The minimum Gasteiger partial charge on any atom is -0.496 e. The molecule has 3 aromatic heterocycles. The van der Waals surface area contributed by atoms with Gasteiger partial charge in [-0.25, -0.2) is 9.97 Å². The third kappa shape index (κ3) is 6.57. The minimum absolute atomic E-state index is 0. The average molecular weight is 791 g/mol. The molecule has 282 valence electrons. The maximum absolute atomic E-state index is 5.94. The molecule has 8 nitrogen and oxygen atoms in total. The standard InChI is InChI=1S/C48H38N4O4.Fe/c1-53-41-17-9-5-13-29(41)45-33-21-23-35(49-33)46(30-14-6-10-18-42(30)54-2)37-25-27-39(51-37)48(32-16-8-12-20-44(32)56-4)40-28-26-38(52-40)47(36-24-22-34(45)50-36)31-15-7-11-19-43(31)55-3;/h5-28,49,52H,1-4H3;. The molecule has 9 heteroatoms.